The third-order valence-electron chi connectivity index (χ3n) is 2.11. The summed E-state index contributed by atoms with van der Waals surface area (Å²) >= 11 is 0. The predicted octanol–water partition coefficient (Wildman–Crippen LogP) is 4.35. The molecule has 0 aliphatic rings. The van der Waals surface area contributed by atoms with E-state index in [0.29, 0.717) is 12.8 Å². The van der Waals surface area contributed by atoms with Crippen molar-refractivity contribution in [3.8, 4) is 0 Å². The van der Waals surface area contributed by atoms with E-state index in [0.717, 1.165) is 11.1 Å². The van der Waals surface area contributed by atoms with Crippen molar-refractivity contribution in [1.82, 2.24) is 0 Å². The molecule has 0 heterocycles. The fourth-order valence-corrected chi connectivity index (χ4v) is 1.38. The zero-order chi connectivity index (χ0) is 10.4. The van der Waals surface area contributed by atoms with E-state index in [-0.39, 0.29) is 5.83 Å². The number of hydrogen-bond donors (Lipinski definition) is 0. The van der Waals surface area contributed by atoms with Gasteiger partial charge in [0, 0.05) is 0 Å². The molecule has 14 heavy (non-hydrogen) atoms. The molecule has 1 heteroatoms. The Balaban J connectivity index is 3.07. The van der Waals surface area contributed by atoms with Crippen LogP contribution in [0.3, 0.4) is 0 Å². The highest BCUT2D eigenvalue weighted by Crippen LogP contribution is 2.25. The first-order chi connectivity index (χ1) is 6.79. The van der Waals surface area contributed by atoms with Gasteiger partial charge in [0.1, 0.15) is 5.83 Å². The fraction of sp³-hybridized carbons (Fsp3) is 0.231. The molecular formula is C13H15F. The Bertz CT molecular complexity index is 322. The third-order valence-corrected chi connectivity index (χ3v) is 2.11. The van der Waals surface area contributed by atoms with Crippen LogP contribution >= 0.6 is 0 Å². The minimum atomic E-state index is -0.0453. The number of hydrogen-bond acceptors (Lipinski definition) is 0. The molecule has 0 radical (unpaired) electrons. The smallest absolute Gasteiger partial charge is 0.104 e. The van der Waals surface area contributed by atoms with Gasteiger partial charge in [0.25, 0.3) is 0 Å². The van der Waals surface area contributed by atoms with Gasteiger partial charge in [-0.25, -0.2) is 4.39 Å². The van der Waals surface area contributed by atoms with Crippen molar-refractivity contribution < 1.29 is 4.39 Å². The van der Waals surface area contributed by atoms with Crippen molar-refractivity contribution in [2.24, 2.45) is 0 Å². The molecule has 0 aromatic heterocycles. The molecular weight excluding hydrogens is 175 g/mol. The summed E-state index contributed by atoms with van der Waals surface area (Å²) in [6, 6.07) is 9.61. The number of rotatable bonds is 4. The summed E-state index contributed by atoms with van der Waals surface area (Å²) in [7, 11) is 0. The van der Waals surface area contributed by atoms with E-state index < -0.39 is 0 Å². The van der Waals surface area contributed by atoms with Crippen LogP contribution in [0.4, 0.5) is 4.39 Å². The first-order valence-electron chi connectivity index (χ1n) is 4.83. The fourth-order valence-electron chi connectivity index (χ4n) is 1.38. The van der Waals surface area contributed by atoms with E-state index in [1.807, 2.05) is 37.3 Å². The van der Waals surface area contributed by atoms with Crippen LogP contribution in [0.1, 0.15) is 25.3 Å². The standard InChI is InChI=1S/C13H15F/c1-3-8-12(13(14)4-2)11-9-6-5-7-10-11/h3,5-7,9-10H,1,4,8H2,2H3/b13-12-. The summed E-state index contributed by atoms with van der Waals surface area (Å²) in [6.45, 7) is 5.46. The highest BCUT2D eigenvalue weighted by Gasteiger charge is 2.05. The Morgan fingerprint density at radius 1 is 1.36 bits per heavy atom. The molecule has 0 spiro atoms. The largest absolute Gasteiger partial charge is 0.212 e. The second-order valence-electron chi connectivity index (χ2n) is 3.10. The molecule has 0 unspecified atom stereocenters. The van der Waals surface area contributed by atoms with Gasteiger partial charge in [0.15, 0.2) is 0 Å². The first kappa shape index (κ1) is 10.7. The van der Waals surface area contributed by atoms with Crippen molar-refractivity contribution in [2.45, 2.75) is 19.8 Å². The first-order valence-corrected chi connectivity index (χ1v) is 4.83. The predicted molar refractivity (Wildman–Crippen MR) is 59.6 cm³/mol. The maximum atomic E-state index is 13.5. The second kappa shape index (κ2) is 5.38. The normalized spacial score (nSPS) is 12.1. The Labute approximate surface area is 84.8 Å². The van der Waals surface area contributed by atoms with Crippen LogP contribution in [0.25, 0.3) is 5.57 Å². The lowest BCUT2D eigenvalue weighted by atomic mass is 10.0. The molecule has 0 fully saturated rings. The van der Waals surface area contributed by atoms with Gasteiger partial charge in [0.05, 0.1) is 0 Å². The number of benzene rings is 1. The third kappa shape index (κ3) is 2.56. The lowest BCUT2D eigenvalue weighted by molar-refractivity contribution is 0.606. The molecule has 0 atom stereocenters. The van der Waals surface area contributed by atoms with E-state index >= 15 is 0 Å². The minimum Gasteiger partial charge on any atom is -0.212 e. The molecule has 0 saturated carbocycles. The van der Waals surface area contributed by atoms with Gasteiger partial charge >= 0.3 is 0 Å². The van der Waals surface area contributed by atoms with Gasteiger partial charge in [-0.1, -0.05) is 43.3 Å². The van der Waals surface area contributed by atoms with E-state index in [9.17, 15) is 4.39 Å². The van der Waals surface area contributed by atoms with E-state index in [4.69, 9.17) is 0 Å². The van der Waals surface area contributed by atoms with Crippen LogP contribution in [0.5, 0.6) is 0 Å². The van der Waals surface area contributed by atoms with Gasteiger partial charge in [-0.3, -0.25) is 0 Å². The van der Waals surface area contributed by atoms with Crippen LogP contribution < -0.4 is 0 Å². The molecule has 0 saturated heterocycles. The van der Waals surface area contributed by atoms with E-state index in [1.54, 1.807) is 6.08 Å². The molecule has 0 aliphatic carbocycles. The van der Waals surface area contributed by atoms with Gasteiger partial charge in [-0.2, -0.15) is 0 Å². The topological polar surface area (TPSA) is 0 Å². The lowest BCUT2D eigenvalue weighted by Gasteiger charge is -2.06. The Morgan fingerprint density at radius 3 is 2.50 bits per heavy atom. The SMILES string of the molecule is C=CC/C(=C(/F)CC)c1ccccc1. The van der Waals surface area contributed by atoms with E-state index in [2.05, 4.69) is 6.58 Å². The summed E-state index contributed by atoms with van der Waals surface area (Å²) < 4.78 is 13.5. The monoisotopic (exact) mass is 190 g/mol. The van der Waals surface area contributed by atoms with Crippen LogP contribution in [0.2, 0.25) is 0 Å². The summed E-state index contributed by atoms with van der Waals surface area (Å²) in [4.78, 5) is 0. The zero-order valence-electron chi connectivity index (χ0n) is 8.46. The molecule has 1 aromatic rings. The van der Waals surface area contributed by atoms with Crippen molar-refractivity contribution >= 4 is 5.57 Å². The van der Waals surface area contributed by atoms with Crippen LogP contribution in [-0.4, -0.2) is 0 Å². The molecule has 1 rings (SSSR count). The Morgan fingerprint density at radius 2 is 2.00 bits per heavy atom. The molecule has 0 N–H and O–H groups in total. The molecule has 74 valence electrons. The Hall–Kier alpha value is -1.37. The number of halogens is 1. The maximum Gasteiger partial charge on any atom is 0.104 e. The average Bonchev–Trinajstić information content (AvgIpc) is 2.26. The summed E-state index contributed by atoms with van der Waals surface area (Å²) in [5, 5.41) is 0. The number of allylic oxidation sites excluding steroid dienone is 3. The quantitative estimate of drug-likeness (QED) is 0.619. The Kier molecular flexibility index (Phi) is 4.11. The molecule has 0 aliphatic heterocycles. The summed E-state index contributed by atoms with van der Waals surface area (Å²) in [6.07, 6.45) is 2.76. The van der Waals surface area contributed by atoms with Crippen LogP contribution in [0, 0.1) is 0 Å². The van der Waals surface area contributed by atoms with E-state index in [1.165, 1.54) is 0 Å². The van der Waals surface area contributed by atoms with Crippen LogP contribution in [0.15, 0.2) is 48.8 Å². The van der Waals surface area contributed by atoms with Crippen molar-refractivity contribution in [1.29, 1.82) is 0 Å². The van der Waals surface area contributed by atoms with Crippen molar-refractivity contribution in [2.75, 3.05) is 0 Å². The summed E-state index contributed by atoms with van der Waals surface area (Å²) in [5.41, 5.74) is 1.70. The highest BCUT2D eigenvalue weighted by atomic mass is 19.1. The zero-order valence-corrected chi connectivity index (χ0v) is 8.46. The average molecular weight is 190 g/mol. The highest BCUT2D eigenvalue weighted by molar-refractivity contribution is 5.68. The van der Waals surface area contributed by atoms with Crippen LogP contribution in [-0.2, 0) is 0 Å². The van der Waals surface area contributed by atoms with Crippen molar-refractivity contribution in [3.63, 3.8) is 0 Å². The molecule has 1 aromatic carbocycles. The second-order valence-corrected chi connectivity index (χ2v) is 3.10. The lowest BCUT2D eigenvalue weighted by Crippen LogP contribution is -1.86. The van der Waals surface area contributed by atoms with Gasteiger partial charge in [0.2, 0.25) is 0 Å². The minimum absolute atomic E-state index is 0.0453. The molecule has 0 nitrogen and oxygen atoms in total. The van der Waals surface area contributed by atoms with Gasteiger partial charge < -0.3 is 0 Å². The molecule has 0 bridgehead atoms. The van der Waals surface area contributed by atoms with Gasteiger partial charge in [-0.15, -0.1) is 6.58 Å². The van der Waals surface area contributed by atoms with Gasteiger partial charge in [-0.05, 0) is 24.0 Å². The summed E-state index contributed by atoms with van der Waals surface area (Å²) in [5.74, 6) is -0.0453. The molecule has 0 amide bonds. The maximum absolute atomic E-state index is 13.5. The van der Waals surface area contributed by atoms with Crippen molar-refractivity contribution in [3.05, 3.63) is 54.4 Å².